The number of nitrogens with one attached hydrogen (secondary N) is 2. The molecule has 1 aromatic heterocycles. The van der Waals surface area contributed by atoms with Crippen LogP contribution in [0.4, 0.5) is 17.3 Å². The number of aryl methyl sites for hydroxylation is 1. The molecule has 0 aliphatic heterocycles. The van der Waals surface area contributed by atoms with E-state index in [4.69, 9.17) is 16.3 Å². The summed E-state index contributed by atoms with van der Waals surface area (Å²) < 4.78 is 5.61. The number of carbonyl (C=O) groups excluding carboxylic acids is 1. The Labute approximate surface area is 168 Å². The Kier molecular flexibility index (Phi) is 6.11. The van der Waals surface area contributed by atoms with E-state index < -0.39 is 0 Å². The summed E-state index contributed by atoms with van der Waals surface area (Å²) in [6, 6.07) is 12.8. The quantitative estimate of drug-likeness (QED) is 0.597. The first kappa shape index (κ1) is 19.6. The third kappa shape index (κ3) is 5.20. The van der Waals surface area contributed by atoms with Gasteiger partial charge in [0, 0.05) is 28.8 Å². The van der Waals surface area contributed by atoms with Crippen molar-refractivity contribution in [1.29, 1.82) is 0 Å². The number of hydrogen-bond donors (Lipinski definition) is 2. The molecule has 7 heteroatoms. The van der Waals surface area contributed by atoms with Crippen molar-refractivity contribution in [1.82, 2.24) is 9.97 Å². The number of anilines is 3. The fourth-order valence-electron chi connectivity index (χ4n) is 2.40. The molecular weight excluding hydrogens is 376 g/mol. The standard InChI is InChI=1S/C21H21ClN4O2/c1-13(2)28-18-8-6-16(7-9-18)26-21-23-11-15(12-24-21)20(27)25-17-5-4-14(3)19(22)10-17/h4-13H,1-3H3,(H,25,27)(H,23,24,26). The van der Waals surface area contributed by atoms with Gasteiger partial charge in [-0.25, -0.2) is 9.97 Å². The Bertz CT molecular complexity index is 957. The first-order chi connectivity index (χ1) is 13.4. The predicted octanol–water partition coefficient (Wildman–Crippen LogP) is 5.22. The van der Waals surface area contributed by atoms with Crippen molar-refractivity contribution in [2.24, 2.45) is 0 Å². The summed E-state index contributed by atoms with van der Waals surface area (Å²) in [5.41, 5.74) is 2.74. The molecule has 0 atom stereocenters. The zero-order valence-electron chi connectivity index (χ0n) is 15.9. The molecule has 0 bridgehead atoms. The minimum Gasteiger partial charge on any atom is -0.491 e. The van der Waals surface area contributed by atoms with Crippen molar-refractivity contribution in [2.45, 2.75) is 26.9 Å². The summed E-state index contributed by atoms with van der Waals surface area (Å²) in [6.07, 6.45) is 3.06. The van der Waals surface area contributed by atoms with Crippen LogP contribution in [0, 0.1) is 6.92 Å². The number of benzene rings is 2. The molecule has 0 spiro atoms. The normalized spacial score (nSPS) is 10.6. The Morgan fingerprint density at radius 2 is 1.68 bits per heavy atom. The number of hydrogen-bond acceptors (Lipinski definition) is 5. The lowest BCUT2D eigenvalue weighted by Gasteiger charge is -2.11. The second-order valence-electron chi connectivity index (χ2n) is 6.53. The monoisotopic (exact) mass is 396 g/mol. The maximum atomic E-state index is 12.3. The molecule has 0 radical (unpaired) electrons. The summed E-state index contributed by atoms with van der Waals surface area (Å²) in [7, 11) is 0. The third-order valence-electron chi connectivity index (χ3n) is 3.83. The smallest absolute Gasteiger partial charge is 0.258 e. The SMILES string of the molecule is Cc1ccc(NC(=O)c2cnc(Nc3ccc(OC(C)C)cc3)nc2)cc1Cl. The van der Waals surface area contributed by atoms with Gasteiger partial charge in [0.25, 0.3) is 5.91 Å². The number of halogens is 1. The van der Waals surface area contributed by atoms with Gasteiger partial charge in [-0.1, -0.05) is 17.7 Å². The molecular formula is C21H21ClN4O2. The van der Waals surface area contributed by atoms with Crippen LogP contribution in [0.5, 0.6) is 5.75 Å². The highest BCUT2D eigenvalue weighted by Crippen LogP contribution is 2.21. The topological polar surface area (TPSA) is 76.1 Å². The van der Waals surface area contributed by atoms with Gasteiger partial charge in [0.2, 0.25) is 5.95 Å². The molecule has 3 aromatic rings. The highest BCUT2D eigenvalue weighted by molar-refractivity contribution is 6.31. The summed E-state index contributed by atoms with van der Waals surface area (Å²) >= 11 is 6.08. The second kappa shape index (κ2) is 8.71. The molecule has 0 unspecified atom stereocenters. The van der Waals surface area contributed by atoms with Gasteiger partial charge in [-0.15, -0.1) is 0 Å². The van der Waals surface area contributed by atoms with Gasteiger partial charge in [0.1, 0.15) is 5.75 Å². The van der Waals surface area contributed by atoms with E-state index in [2.05, 4.69) is 20.6 Å². The number of aromatic nitrogens is 2. The van der Waals surface area contributed by atoms with Gasteiger partial charge >= 0.3 is 0 Å². The average molecular weight is 397 g/mol. The molecule has 3 rings (SSSR count). The van der Waals surface area contributed by atoms with Gasteiger partial charge in [-0.05, 0) is 62.7 Å². The van der Waals surface area contributed by atoms with Crippen molar-refractivity contribution >= 4 is 34.8 Å². The van der Waals surface area contributed by atoms with Gasteiger partial charge in [0.15, 0.2) is 0 Å². The van der Waals surface area contributed by atoms with E-state index in [1.165, 1.54) is 12.4 Å². The van der Waals surface area contributed by atoms with Crippen LogP contribution in [0.1, 0.15) is 29.8 Å². The van der Waals surface area contributed by atoms with Crippen molar-refractivity contribution in [3.05, 3.63) is 71.0 Å². The predicted molar refractivity (Wildman–Crippen MR) is 112 cm³/mol. The minimum atomic E-state index is -0.304. The molecule has 144 valence electrons. The maximum absolute atomic E-state index is 12.3. The summed E-state index contributed by atoms with van der Waals surface area (Å²) in [6.45, 7) is 5.86. The van der Waals surface area contributed by atoms with Crippen LogP contribution in [0.15, 0.2) is 54.9 Å². The fraction of sp³-hybridized carbons (Fsp3) is 0.190. The molecule has 2 N–H and O–H groups in total. The number of ether oxygens (including phenoxy) is 1. The molecule has 1 amide bonds. The lowest BCUT2D eigenvalue weighted by Crippen LogP contribution is -2.13. The summed E-state index contributed by atoms with van der Waals surface area (Å²) in [5, 5.41) is 6.46. The number of amides is 1. The van der Waals surface area contributed by atoms with Crippen LogP contribution in [-0.2, 0) is 0 Å². The second-order valence-corrected chi connectivity index (χ2v) is 6.94. The lowest BCUT2D eigenvalue weighted by molar-refractivity contribution is 0.102. The molecule has 0 saturated heterocycles. The van der Waals surface area contributed by atoms with Crippen LogP contribution in [0.2, 0.25) is 5.02 Å². The van der Waals surface area contributed by atoms with Crippen LogP contribution < -0.4 is 15.4 Å². The number of nitrogens with zero attached hydrogens (tertiary/aromatic N) is 2. The zero-order chi connectivity index (χ0) is 20.1. The van der Waals surface area contributed by atoms with Crippen LogP contribution in [-0.4, -0.2) is 22.0 Å². The maximum Gasteiger partial charge on any atom is 0.258 e. The van der Waals surface area contributed by atoms with Crippen LogP contribution in [0.25, 0.3) is 0 Å². The molecule has 0 aliphatic carbocycles. The van der Waals surface area contributed by atoms with E-state index >= 15 is 0 Å². The Morgan fingerprint density at radius 1 is 1.04 bits per heavy atom. The van der Waals surface area contributed by atoms with Gasteiger partial charge in [-0.2, -0.15) is 0 Å². The van der Waals surface area contributed by atoms with Crippen molar-refractivity contribution in [3.63, 3.8) is 0 Å². The number of carbonyl (C=O) groups is 1. The molecule has 0 aliphatic rings. The Morgan fingerprint density at radius 3 is 2.29 bits per heavy atom. The third-order valence-corrected chi connectivity index (χ3v) is 4.23. The fourth-order valence-corrected chi connectivity index (χ4v) is 2.58. The highest BCUT2D eigenvalue weighted by atomic mass is 35.5. The zero-order valence-corrected chi connectivity index (χ0v) is 16.6. The molecule has 0 saturated carbocycles. The first-order valence-electron chi connectivity index (χ1n) is 8.84. The Balaban J connectivity index is 1.62. The van der Waals surface area contributed by atoms with Gasteiger partial charge < -0.3 is 15.4 Å². The van der Waals surface area contributed by atoms with Crippen molar-refractivity contribution in [3.8, 4) is 5.75 Å². The first-order valence-corrected chi connectivity index (χ1v) is 9.22. The molecule has 6 nitrogen and oxygen atoms in total. The van der Waals surface area contributed by atoms with E-state index in [1.54, 1.807) is 12.1 Å². The van der Waals surface area contributed by atoms with Crippen LogP contribution in [0.3, 0.4) is 0 Å². The van der Waals surface area contributed by atoms with Crippen LogP contribution >= 0.6 is 11.6 Å². The van der Waals surface area contributed by atoms with Crippen molar-refractivity contribution < 1.29 is 9.53 Å². The largest absolute Gasteiger partial charge is 0.491 e. The van der Waals surface area contributed by atoms with Gasteiger partial charge in [-0.3, -0.25) is 4.79 Å². The minimum absolute atomic E-state index is 0.122. The van der Waals surface area contributed by atoms with Gasteiger partial charge in [0.05, 0.1) is 11.7 Å². The van der Waals surface area contributed by atoms with E-state index in [1.807, 2.05) is 51.1 Å². The number of rotatable bonds is 6. The average Bonchev–Trinajstić information content (AvgIpc) is 2.66. The van der Waals surface area contributed by atoms with E-state index in [9.17, 15) is 4.79 Å². The summed E-state index contributed by atoms with van der Waals surface area (Å²) in [4.78, 5) is 20.7. The van der Waals surface area contributed by atoms with E-state index in [0.29, 0.717) is 22.2 Å². The molecule has 1 heterocycles. The highest BCUT2D eigenvalue weighted by Gasteiger charge is 2.09. The van der Waals surface area contributed by atoms with E-state index in [0.717, 1.165) is 17.0 Å². The Hall–Kier alpha value is -3.12. The lowest BCUT2D eigenvalue weighted by atomic mass is 10.2. The van der Waals surface area contributed by atoms with E-state index in [-0.39, 0.29) is 12.0 Å². The molecule has 0 fully saturated rings. The summed E-state index contributed by atoms with van der Waals surface area (Å²) in [5.74, 6) is 0.888. The van der Waals surface area contributed by atoms with Crippen molar-refractivity contribution in [2.75, 3.05) is 10.6 Å². The molecule has 28 heavy (non-hydrogen) atoms. The molecule has 2 aromatic carbocycles.